The number of hydrogen-bond acceptors (Lipinski definition) is 3. The van der Waals surface area contributed by atoms with Gasteiger partial charge in [-0.3, -0.25) is 0 Å². The van der Waals surface area contributed by atoms with Crippen molar-refractivity contribution >= 4 is 23.8 Å². The first-order chi connectivity index (χ1) is 4.20. The van der Waals surface area contributed by atoms with E-state index in [1.807, 2.05) is 0 Å². The van der Waals surface area contributed by atoms with Gasteiger partial charge in [0.2, 0.25) is 0 Å². The van der Waals surface area contributed by atoms with Crippen molar-refractivity contribution in [2.24, 2.45) is 0 Å². The average Bonchev–Trinajstić information content (AvgIpc) is 1.80. The standard InChI is InChI=1S/C4H3ClN2OS.Na.H/c5-3-1-2-4(9)7(8)6-3;;/h1-2,8H;;/q;+1;-1. The number of halogens is 1. The van der Waals surface area contributed by atoms with E-state index < -0.39 is 0 Å². The van der Waals surface area contributed by atoms with Crippen molar-refractivity contribution in [2.75, 3.05) is 0 Å². The van der Waals surface area contributed by atoms with Crippen LogP contribution in [0.2, 0.25) is 5.15 Å². The van der Waals surface area contributed by atoms with Crippen molar-refractivity contribution in [2.45, 2.75) is 0 Å². The fourth-order valence-corrected chi connectivity index (χ4v) is 0.623. The second kappa shape index (κ2) is 4.31. The molecule has 0 radical (unpaired) electrons. The first-order valence-electron chi connectivity index (χ1n) is 2.15. The van der Waals surface area contributed by atoms with E-state index in [1.54, 1.807) is 0 Å². The molecule has 1 rings (SSSR count). The first kappa shape index (κ1) is 10.4. The maximum Gasteiger partial charge on any atom is 1.00 e. The summed E-state index contributed by atoms with van der Waals surface area (Å²) >= 11 is 9.98. The van der Waals surface area contributed by atoms with Crippen LogP contribution in [0, 0.1) is 4.64 Å². The minimum absolute atomic E-state index is 0. The molecular formula is C4H4ClN2NaOS. The summed E-state index contributed by atoms with van der Waals surface area (Å²) in [7, 11) is 0. The first-order valence-corrected chi connectivity index (χ1v) is 2.94. The minimum atomic E-state index is 0. The van der Waals surface area contributed by atoms with Gasteiger partial charge in [-0.25, -0.2) is 0 Å². The minimum Gasteiger partial charge on any atom is -1.00 e. The van der Waals surface area contributed by atoms with Crippen LogP contribution in [0.3, 0.4) is 0 Å². The fraction of sp³-hybridized carbons (Fsp3) is 0. The number of hydrogen-bond donors (Lipinski definition) is 1. The Hall–Kier alpha value is 0.390. The second-order valence-electron chi connectivity index (χ2n) is 1.38. The SMILES string of the molecule is On1nc(Cl)ccc1=S.[H-].[Na+]. The van der Waals surface area contributed by atoms with Gasteiger partial charge < -0.3 is 6.63 Å². The molecule has 0 fully saturated rings. The van der Waals surface area contributed by atoms with Crippen molar-refractivity contribution in [1.29, 1.82) is 0 Å². The van der Waals surface area contributed by atoms with Crippen LogP contribution >= 0.6 is 23.8 Å². The van der Waals surface area contributed by atoms with Crippen molar-refractivity contribution < 1.29 is 36.2 Å². The molecular weight excluding hydrogens is 183 g/mol. The average molecular weight is 187 g/mol. The topological polar surface area (TPSA) is 38.0 Å². The van der Waals surface area contributed by atoms with E-state index in [1.165, 1.54) is 12.1 Å². The molecule has 3 nitrogen and oxygen atoms in total. The number of nitrogens with zero attached hydrogens (tertiary/aromatic N) is 2. The second-order valence-corrected chi connectivity index (χ2v) is 2.19. The molecule has 6 heteroatoms. The van der Waals surface area contributed by atoms with Crippen LogP contribution in [0.25, 0.3) is 0 Å². The summed E-state index contributed by atoms with van der Waals surface area (Å²) in [6.45, 7) is 0. The van der Waals surface area contributed by atoms with Crippen molar-refractivity contribution in [3.05, 3.63) is 21.9 Å². The molecule has 1 aromatic heterocycles. The van der Waals surface area contributed by atoms with Gasteiger partial charge in [-0.15, -0.1) is 5.10 Å². The molecule has 0 atom stereocenters. The van der Waals surface area contributed by atoms with Crippen molar-refractivity contribution in [1.82, 2.24) is 9.94 Å². The molecule has 0 saturated carbocycles. The zero-order valence-corrected chi connectivity index (χ0v) is 8.85. The number of aromatic nitrogens is 2. The Labute approximate surface area is 91.4 Å². The van der Waals surface area contributed by atoms with E-state index in [2.05, 4.69) is 17.3 Å². The summed E-state index contributed by atoms with van der Waals surface area (Å²) < 4.78 is 0.236. The van der Waals surface area contributed by atoms with Gasteiger partial charge in [0.1, 0.15) is 0 Å². The van der Waals surface area contributed by atoms with Gasteiger partial charge in [-0.2, -0.15) is 0 Å². The van der Waals surface area contributed by atoms with Crippen molar-refractivity contribution in [3.8, 4) is 0 Å². The van der Waals surface area contributed by atoms with Crippen LogP contribution < -0.4 is 29.6 Å². The van der Waals surface area contributed by atoms with E-state index in [-0.39, 0.29) is 40.8 Å². The molecule has 0 spiro atoms. The summed E-state index contributed by atoms with van der Waals surface area (Å²) in [6, 6.07) is 3.00. The Balaban J connectivity index is 0. The summed E-state index contributed by atoms with van der Waals surface area (Å²) in [6.07, 6.45) is 0. The van der Waals surface area contributed by atoms with Crippen LogP contribution in [-0.4, -0.2) is 15.2 Å². The zero-order chi connectivity index (χ0) is 6.85. The summed E-state index contributed by atoms with van der Waals surface area (Å²) in [5, 5.41) is 12.3. The van der Waals surface area contributed by atoms with E-state index >= 15 is 0 Å². The Morgan fingerprint density at radius 3 is 2.70 bits per heavy atom. The molecule has 1 N–H and O–H groups in total. The molecule has 1 heterocycles. The third-order valence-corrected chi connectivity index (χ3v) is 1.25. The van der Waals surface area contributed by atoms with Gasteiger partial charge in [0.05, 0.1) is 0 Å². The van der Waals surface area contributed by atoms with E-state index in [0.29, 0.717) is 4.85 Å². The Morgan fingerprint density at radius 1 is 1.70 bits per heavy atom. The molecule has 0 aromatic carbocycles. The molecule has 0 bridgehead atoms. The monoisotopic (exact) mass is 186 g/mol. The largest absolute Gasteiger partial charge is 1.00 e. The summed E-state index contributed by atoms with van der Waals surface area (Å²) in [5.74, 6) is 0. The zero-order valence-electron chi connectivity index (χ0n) is 6.28. The van der Waals surface area contributed by atoms with Gasteiger partial charge >= 0.3 is 29.6 Å². The number of rotatable bonds is 0. The van der Waals surface area contributed by atoms with Gasteiger partial charge in [0, 0.05) is 0 Å². The molecule has 0 unspecified atom stereocenters. The Kier molecular flexibility index (Phi) is 4.47. The molecule has 0 saturated heterocycles. The molecule has 1 aromatic rings. The fourth-order valence-electron chi connectivity index (χ4n) is 0.380. The maximum atomic E-state index is 8.72. The third kappa shape index (κ3) is 2.56. The Bertz CT molecular complexity index is 281. The predicted molar refractivity (Wildman–Crippen MR) is 36.4 cm³/mol. The van der Waals surface area contributed by atoms with Crippen molar-refractivity contribution in [3.63, 3.8) is 0 Å². The van der Waals surface area contributed by atoms with Gasteiger partial charge in [0.25, 0.3) is 0 Å². The molecule has 50 valence electrons. The van der Waals surface area contributed by atoms with Gasteiger partial charge in [-0.05, 0) is 12.1 Å². The van der Waals surface area contributed by atoms with Gasteiger partial charge in [-0.1, -0.05) is 28.7 Å². The molecule has 0 aliphatic carbocycles. The third-order valence-electron chi connectivity index (χ3n) is 0.751. The molecule has 10 heavy (non-hydrogen) atoms. The quantitative estimate of drug-likeness (QED) is 0.308. The van der Waals surface area contributed by atoms with Crippen LogP contribution in [0.4, 0.5) is 0 Å². The normalized spacial score (nSPS) is 8.50. The van der Waals surface area contributed by atoms with E-state index in [4.69, 9.17) is 16.8 Å². The van der Waals surface area contributed by atoms with E-state index in [9.17, 15) is 0 Å². The predicted octanol–water partition coefficient (Wildman–Crippen LogP) is -1.38. The van der Waals surface area contributed by atoms with E-state index in [0.717, 1.165) is 0 Å². The smallest absolute Gasteiger partial charge is 1.00 e. The van der Waals surface area contributed by atoms with Gasteiger partial charge in [0.15, 0.2) is 9.79 Å². The Morgan fingerprint density at radius 2 is 2.30 bits per heavy atom. The van der Waals surface area contributed by atoms with Crippen LogP contribution in [-0.2, 0) is 0 Å². The van der Waals surface area contributed by atoms with Crippen LogP contribution in [0.1, 0.15) is 1.43 Å². The maximum absolute atomic E-state index is 8.72. The summed E-state index contributed by atoms with van der Waals surface area (Å²) in [5.41, 5.74) is 0. The molecule has 0 amide bonds. The van der Waals surface area contributed by atoms with Crippen LogP contribution in [0.5, 0.6) is 0 Å². The van der Waals surface area contributed by atoms with Crippen LogP contribution in [0.15, 0.2) is 12.1 Å². The summed E-state index contributed by atoms with van der Waals surface area (Å²) in [4.78, 5) is 0.553. The molecule has 0 aliphatic heterocycles. The molecule has 0 aliphatic rings.